The largest absolute Gasteiger partial charge is 0.309 e. The Morgan fingerprint density at radius 2 is 0.679 bits per heavy atom. The predicted octanol–water partition coefficient (Wildman–Crippen LogP) is 13.3. The second kappa shape index (κ2) is 10.7. The van der Waals surface area contributed by atoms with Gasteiger partial charge in [-0.25, -0.2) is 0 Å². The van der Waals surface area contributed by atoms with Crippen LogP contribution in [0, 0.1) is 0 Å². The molecule has 3 heteroatoms. The van der Waals surface area contributed by atoms with Crippen LogP contribution in [0.1, 0.15) is 0 Å². The first-order valence-corrected chi connectivity index (χ1v) is 18.3. The molecule has 0 bridgehead atoms. The average molecular weight is 674 g/mol. The maximum atomic E-state index is 2.52. The number of rotatable bonds is 3. The summed E-state index contributed by atoms with van der Waals surface area (Å²) in [5.74, 6) is 0. The van der Waals surface area contributed by atoms with Crippen molar-refractivity contribution >= 4 is 87.0 Å². The third-order valence-electron chi connectivity index (χ3n) is 11.4. The van der Waals surface area contributed by atoms with Gasteiger partial charge in [-0.2, -0.15) is 0 Å². The second-order valence-corrected chi connectivity index (χ2v) is 14.1. The topological polar surface area (TPSA) is 14.8 Å². The zero-order chi connectivity index (χ0) is 34.6. The van der Waals surface area contributed by atoms with Crippen LogP contribution in [0.15, 0.2) is 188 Å². The van der Waals surface area contributed by atoms with Gasteiger partial charge in [0.15, 0.2) is 0 Å². The molecule has 3 heterocycles. The molecule has 0 spiro atoms. The standard InChI is InChI=1S/C50H31N3/c1-3-16-33(17-4-1)51-45-30-28-35(31-42(45)39-29-27-32-15-7-8-20-36(32)48(39)51)53-44-26-14-12-24-41(44)47-46-40-23-11-13-25-43(40)52(34-18-5-2-6-19-34)49(46)37-21-9-10-22-38(37)50(47)53/h1-31H. The summed E-state index contributed by atoms with van der Waals surface area (Å²) < 4.78 is 7.43. The Balaban J connectivity index is 1.27. The number of benzene rings is 9. The summed E-state index contributed by atoms with van der Waals surface area (Å²) in [6, 6.07) is 68.8. The van der Waals surface area contributed by atoms with Crippen LogP contribution < -0.4 is 0 Å². The quantitative estimate of drug-likeness (QED) is 0.177. The van der Waals surface area contributed by atoms with Crippen LogP contribution in [-0.4, -0.2) is 13.7 Å². The Bertz CT molecular complexity index is 3430. The van der Waals surface area contributed by atoms with E-state index < -0.39 is 0 Å². The van der Waals surface area contributed by atoms with Gasteiger partial charge in [-0.05, 0) is 60.0 Å². The SMILES string of the molecule is c1ccc(-n2c3ccc(-n4c5ccccc5c5c6c7ccccc7n(-c7ccccc7)c6c6ccccc6c54)cc3c3ccc4ccccc4c32)cc1. The highest BCUT2D eigenvalue weighted by atomic mass is 15.0. The summed E-state index contributed by atoms with van der Waals surface area (Å²) in [5.41, 5.74) is 10.8. The first-order valence-electron chi connectivity index (χ1n) is 18.3. The number of hydrogen-bond acceptors (Lipinski definition) is 0. The van der Waals surface area contributed by atoms with Gasteiger partial charge in [0, 0.05) is 65.5 Å². The first-order chi connectivity index (χ1) is 26.3. The normalized spacial score (nSPS) is 12.2. The molecule has 0 amide bonds. The highest BCUT2D eigenvalue weighted by Crippen LogP contribution is 2.47. The fourth-order valence-electron chi connectivity index (χ4n) is 9.26. The van der Waals surface area contributed by atoms with E-state index >= 15 is 0 Å². The second-order valence-electron chi connectivity index (χ2n) is 14.1. The molecular weight excluding hydrogens is 643 g/mol. The van der Waals surface area contributed by atoms with Crippen LogP contribution >= 0.6 is 0 Å². The summed E-state index contributed by atoms with van der Waals surface area (Å²) in [7, 11) is 0. The molecule has 3 nitrogen and oxygen atoms in total. The summed E-state index contributed by atoms with van der Waals surface area (Å²) in [6.07, 6.45) is 0. The molecule has 0 saturated carbocycles. The Hall–Kier alpha value is -7.10. The van der Waals surface area contributed by atoms with E-state index in [-0.39, 0.29) is 0 Å². The van der Waals surface area contributed by atoms with Crippen molar-refractivity contribution in [2.24, 2.45) is 0 Å². The van der Waals surface area contributed by atoms with Crippen LogP contribution in [0.4, 0.5) is 0 Å². The van der Waals surface area contributed by atoms with Crippen LogP contribution in [0.3, 0.4) is 0 Å². The lowest BCUT2D eigenvalue weighted by Crippen LogP contribution is -1.97. The fourth-order valence-corrected chi connectivity index (χ4v) is 9.26. The highest BCUT2D eigenvalue weighted by Gasteiger charge is 2.25. The van der Waals surface area contributed by atoms with Crippen molar-refractivity contribution in [3.8, 4) is 17.1 Å². The van der Waals surface area contributed by atoms with Crippen LogP contribution in [-0.2, 0) is 0 Å². The maximum absolute atomic E-state index is 2.52. The van der Waals surface area contributed by atoms with Gasteiger partial charge in [-0.15, -0.1) is 0 Å². The third-order valence-corrected chi connectivity index (χ3v) is 11.4. The monoisotopic (exact) mass is 673 g/mol. The van der Waals surface area contributed by atoms with Gasteiger partial charge < -0.3 is 13.7 Å². The lowest BCUT2D eigenvalue weighted by molar-refractivity contribution is 1.17. The number of aromatic nitrogens is 3. The third kappa shape index (κ3) is 3.83. The van der Waals surface area contributed by atoms with Crippen molar-refractivity contribution in [1.82, 2.24) is 13.7 Å². The number of fused-ring (bicyclic) bond motifs is 15. The van der Waals surface area contributed by atoms with E-state index in [1.54, 1.807) is 0 Å². The molecule has 246 valence electrons. The molecule has 0 N–H and O–H groups in total. The van der Waals surface area contributed by atoms with E-state index in [1.165, 1.54) is 92.6 Å². The Labute approximate surface area is 304 Å². The smallest absolute Gasteiger partial charge is 0.0627 e. The molecule has 12 rings (SSSR count). The summed E-state index contributed by atoms with van der Waals surface area (Å²) in [4.78, 5) is 0. The summed E-state index contributed by atoms with van der Waals surface area (Å²) >= 11 is 0. The van der Waals surface area contributed by atoms with Crippen molar-refractivity contribution in [3.05, 3.63) is 188 Å². The van der Waals surface area contributed by atoms with Gasteiger partial charge in [-0.1, -0.05) is 133 Å². The van der Waals surface area contributed by atoms with Crippen LogP contribution in [0.2, 0.25) is 0 Å². The van der Waals surface area contributed by atoms with Gasteiger partial charge in [0.25, 0.3) is 0 Å². The van der Waals surface area contributed by atoms with E-state index in [9.17, 15) is 0 Å². The van der Waals surface area contributed by atoms with Gasteiger partial charge >= 0.3 is 0 Å². The molecule has 53 heavy (non-hydrogen) atoms. The molecule has 0 unspecified atom stereocenters. The molecule has 12 aromatic rings. The number of hydrogen-bond donors (Lipinski definition) is 0. The minimum Gasteiger partial charge on any atom is -0.309 e. The van der Waals surface area contributed by atoms with Crippen molar-refractivity contribution in [2.45, 2.75) is 0 Å². The van der Waals surface area contributed by atoms with Gasteiger partial charge in [0.1, 0.15) is 0 Å². The summed E-state index contributed by atoms with van der Waals surface area (Å²) in [6.45, 7) is 0. The molecule has 3 aromatic heterocycles. The van der Waals surface area contributed by atoms with E-state index in [0.29, 0.717) is 0 Å². The lowest BCUT2D eigenvalue weighted by atomic mass is 9.99. The molecule has 0 atom stereocenters. The minimum absolute atomic E-state index is 1.15. The molecule has 9 aromatic carbocycles. The van der Waals surface area contributed by atoms with Crippen molar-refractivity contribution in [2.75, 3.05) is 0 Å². The average Bonchev–Trinajstić information content (AvgIpc) is 3.88. The molecule has 0 aliphatic heterocycles. The van der Waals surface area contributed by atoms with Gasteiger partial charge in [0.2, 0.25) is 0 Å². The van der Waals surface area contributed by atoms with Crippen molar-refractivity contribution in [3.63, 3.8) is 0 Å². The zero-order valence-corrected chi connectivity index (χ0v) is 28.7. The number of para-hydroxylation sites is 4. The van der Waals surface area contributed by atoms with Crippen molar-refractivity contribution < 1.29 is 0 Å². The van der Waals surface area contributed by atoms with Crippen molar-refractivity contribution in [1.29, 1.82) is 0 Å². The van der Waals surface area contributed by atoms with Crippen LogP contribution in [0.25, 0.3) is 104 Å². The van der Waals surface area contributed by atoms with Gasteiger partial charge in [-0.3, -0.25) is 0 Å². The number of nitrogens with zero attached hydrogens (tertiary/aromatic N) is 3. The van der Waals surface area contributed by atoms with E-state index in [2.05, 4.69) is 202 Å². The Kier molecular flexibility index (Phi) is 5.77. The predicted molar refractivity (Wildman–Crippen MR) is 224 cm³/mol. The summed E-state index contributed by atoms with van der Waals surface area (Å²) in [5, 5.41) is 12.6. The van der Waals surface area contributed by atoms with E-state index in [1.807, 2.05) is 0 Å². The minimum atomic E-state index is 1.15. The molecule has 0 aliphatic rings. The highest BCUT2D eigenvalue weighted by molar-refractivity contribution is 6.37. The Morgan fingerprint density at radius 1 is 0.245 bits per heavy atom. The lowest BCUT2D eigenvalue weighted by Gasteiger charge is -2.14. The Morgan fingerprint density at radius 3 is 1.28 bits per heavy atom. The fraction of sp³-hybridized carbons (Fsp3) is 0. The van der Waals surface area contributed by atoms with Crippen LogP contribution in [0.5, 0.6) is 0 Å². The molecular formula is C50H31N3. The molecule has 0 fully saturated rings. The maximum Gasteiger partial charge on any atom is 0.0627 e. The van der Waals surface area contributed by atoms with E-state index in [4.69, 9.17) is 0 Å². The molecule has 0 radical (unpaired) electrons. The van der Waals surface area contributed by atoms with E-state index in [0.717, 1.165) is 11.4 Å². The molecule has 0 aliphatic carbocycles. The molecule has 0 saturated heterocycles. The zero-order valence-electron chi connectivity index (χ0n) is 28.7. The van der Waals surface area contributed by atoms with Gasteiger partial charge in [0.05, 0.1) is 33.1 Å². The first kappa shape index (κ1) is 28.6.